The fraction of sp³-hybridized carbons (Fsp3) is 0.667. The molecule has 4 N–H and O–H groups in total. The average Bonchev–Trinajstić information content (AvgIpc) is 3.74. The molecule has 0 amide bonds. The van der Waals surface area contributed by atoms with Crippen molar-refractivity contribution in [1.82, 2.24) is 4.68 Å². The quantitative estimate of drug-likeness (QED) is 0.0742. The second kappa shape index (κ2) is 21.5. The highest BCUT2D eigenvalue weighted by Crippen LogP contribution is 2.38. The van der Waals surface area contributed by atoms with Gasteiger partial charge < -0.3 is 34.6 Å². The first-order valence-electron chi connectivity index (χ1n) is 17.9. The summed E-state index contributed by atoms with van der Waals surface area (Å²) in [5.74, 6) is 0.0341. The van der Waals surface area contributed by atoms with Crippen LogP contribution >= 0.6 is 8.60 Å². The summed E-state index contributed by atoms with van der Waals surface area (Å²) in [4.78, 5) is 14.8. The second-order valence-electron chi connectivity index (χ2n) is 12.9. The zero-order valence-corrected chi connectivity index (χ0v) is 29.5. The first-order valence-corrected chi connectivity index (χ1v) is 19.1. The zero-order chi connectivity index (χ0) is 34.0. The van der Waals surface area contributed by atoms with Gasteiger partial charge in [-0.1, -0.05) is 90.4 Å². The summed E-state index contributed by atoms with van der Waals surface area (Å²) in [5.41, 5.74) is 11.9. The van der Waals surface area contributed by atoms with Crippen LogP contribution in [0.3, 0.4) is 0 Å². The summed E-state index contributed by atoms with van der Waals surface area (Å²) in [6.07, 6.45) is 18.3. The number of benzene rings is 1. The number of nitrogens with zero attached hydrogens (tertiary/aromatic N) is 3. The molecule has 1 aromatic carbocycles. The summed E-state index contributed by atoms with van der Waals surface area (Å²) < 4.78 is 39.7. The molecule has 10 nitrogen and oxygen atoms in total. The van der Waals surface area contributed by atoms with E-state index in [-0.39, 0.29) is 43.7 Å². The molecule has 48 heavy (non-hydrogen) atoms. The van der Waals surface area contributed by atoms with Gasteiger partial charge in [0.25, 0.3) is 0 Å². The summed E-state index contributed by atoms with van der Waals surface area (Å²) in [5, 5.41) is 9.21. The van der Waals surface area contributed by atoms with E-state index in [0.717, 1.165) is 43.5 Å². The van der Waals surface area contributed by atoms with Gasteiger partial charge in [-0.15, -0.1) is 0 Å². The van der Waals surface area contributed by atoms with Gasteiger partial charge in [-0.05, 0) is 55.2 Å². The molecule has 4 atom stereocenters. The highest BCUT2D eigenvalue weighted by molar-refractivity contribution is 7.40. The molecule has 0 aliphatic carbocycles. The summed E-state index contributed by atoms with van der Waals surface area (Å²) in [7, 11) is -2.13. The van der Waals surface area contributed by atoms with E-state index in [1.807, 2.05) is 22.9 Å². The smallest absolute Gasteiger partial charge is 0.330 e. The molecule has 2 aromatic rings. The molecule has 266 valence electrons. The Morgan fingerprint density at radius 3 is 2.46 bits per heavy atom. The van der Waals surface area contributed by atoms with Crippen LogP contribution in [-0.2, 0) is 25.1 Å². The molecule has 4 unspecified atom stereocenters. The van der Waals surface area contributed by atoms with Crippen molar-refractivity contribution >= 4 is 14.4 Å². The molecule has 12 heteroatoms. The van der Waals surface area contributed by atoms with E-state index in [2.05, 4.69) is 17.3 Å². The Morgan fingerprint density at radius 2 is 1.75 bits per heavy atom. The Hall–Kier alpha value is -2.58. The molecule has 1 saturated heterocycles. The Morgan fingerprint density at radius 1 is 1.04 bits per heavy atom. The van der Waals surface area contributed by atoms with Gasteiger partial charge in [0, 0.05) is 0 Å². The molecule has 1 fully saturated rings. The number of hydrogen-bond acceptors (Lipinski definition) is 9. The Kier molecular flexibility index (Phi) is 17.1. The van der Waals surface area contributed by atoms with Crippen molar-refractivity contribution in [2.75, 3.05) is 25.3 Å². The number of aliphatic imine (C=N–C) groups is 1. The molecule has 0 bridgehead atoms. The number of aromatic nitrogens is 1. The predicted octanol–water partition coefficient (Wildman–Crippen LogP) is 8.26. The van der Waals surface area contributed by atoms with Gasteiger partial charge in [-0.2, -0.15) is 5.26 Å². The fourth-order valence-corrected chi connectivity index (χ4v) is 7.01. The van der Waals surface area contributed by atoms with Crippen molar-refractivity contribution in [3.05, 3.63) is 58.7 Å². The molecule has 0 saturated carbocycles. The number of rotatable bonds is 24. The van der Waals surface area contributed by atoms with E-state index in [1.54, 1.807) is 6.07 Å². The third-order valence-corrected chi connectivity index (χ3v) is 9.77. The van der Waals surface area contributed by atoms with Crippen LogP contribution in [-0.4, -0.2) is 47.5 Å². The normalized spacial score (nSPS) is 18.6. The lowest BCUT2D eigenvalue weighted by molar-refractivity contribution is -0.00978. The number of hydrogen-bond donors (Lipinski definition) is 3. The maximum Gasteiger partial charge on any atom is 0.330 e. The molecular formula is C36H55FN5O5P. The number of halogens is 1. The van der Waals surface area contributed by atoms with Gasteiger partial charge in [-0.25, -0.2) is 9.38 Å². The third-order valence-electron chi connectivity index (χ3n) is 9.03. The molecular weight excluding hydrogens is 632 g/mol. The van der Waals surface area contributed by atoms with Crippen LogP contribution in [0, 0.1) is 17.1 Å². The van der Waals surface area contributed by atoms with Crippen molar-refractivity contribution in [3.8, 4) is 6.07 Å². The lowest BCUT2D eigenvalue weighted by atomic mass is 10.0. The zero-order valence-electron chi connectivity index (χ0n) is 28.6. The molecule has 0 spiro atoms. The maximum atomic E-state index is 14.0. The van der Waals surface area contributed by atoms with Gasteiger partial charge in [0.05, 0.1) is 55.5 Å². The van der Waals surface area contributed by atoms with Crippen molar-refractivity contribution in [1.29, 1.82) is 5.26 Å². The number of nitrogens with one attached hydrogen (secondary N) is 1. The third kappa shape index (κ3) is 13.0. The summed E-state index contributed by atoms with van der Waals surface area (Å²) >= 11 is 0. The number of amidine groups is 1. The predicted molar refractivity (Wildman–Crippen MR) is 187 cm³/mol. The van der Waals surface area contributed by atoms with Gasteiger partial charge in [0.1, 0.15) is 24.0 Å². The molecule has 0 radical (unpaired) electrons. The van der Waals surface area contributed by atoms with Crippen molar-refractivity contribution in [2.24, 2.45) is 10.7 Å². The highest BCUT2D eigenvalue weighted by Gasteiger charge is 2.31. The first-order chi connectivity index (χ1) is 23.5. The van der Waals surface area contributed by atoms with Crippen molar-refractivity contribution < 1.29 is 27.8 Å². The molecule has 4 rings (SSSR count). The molecule has 3 heterocycles. The average molecular weight is 688 g/mol. The molecule has 1 aromatic heterocycles. The number of nitriles is 1. The minimum absolute atomic E-state index is 0.112. The van der Waals surface area contributed by atoms with Gasteiger partial charge in [0.15, 0.2) is 0 Å². The van der Waals surface area contributed by atoms with Crippen LogP contribution in [0.5, 0.6) is 0 Å². The van der Waals surface area contributed by atoms with Crippen LogP contribution in [0.2, 0.25) is 0 Å². The Labute approximate surface area is 287 Å². The summed E-state index contributed by atoms with van der Waals surface area (Å²) in [6.45, 7) is 3.19. The van der Waals surface area contributed by atoms with Crippen LogP contribution in [0.1, 0.15) is 138 Å². The van der Waals surface area contributed by atoms with Crippen LogP contribution in [0.15, 0.2) is 35.3 Å². The second-order valence-corrected chi connectivity index (χ2v) is 13.9. The van der Waals surface area contributed by atoms with E-state index in [9.17, 15) is 14.5 Å². The van der Waals surface area contributed by atoms with E-state index >= 15 is 0 Å². The van der Waals surface area contributed by atoms with Crippen molar-refractivity contribution in [2.45, 2.75) is 135 Å². The molecule has 2 aliphatic heterocycles. The van der Waals surface area contributed by atoms with E-state index < -0.39 is 14.4 Å². The minimum atomic E-state index is -2.13. The standard InChI is InChI=1S/C36H55FN5O5P/c1-2-3-4-5-6-7-8-9-10-11-12-13-14-15-31(44-24-29-20-28(23-38)21-30(37)22-29)25-45-48(43)46-26-32-16-19-35(47-32)33-17-18-34-36(39)40-27-41-42(33)34/h17-18,20-22,31-32,35,41,43H,2-16,19,24-27H2,1H3,(H2,39,40). The lowest BCUT2D eigenvalue weighted by Gasteiger charge is -2.22. The number of unbranched alkanes of at least 4 members (excludes halogenated alkanes) is 12. The summed E-state index contributed by atoms with van der Waals surface area (Å²) in [6, 6.07) is 10.1. The Balaban J connectivity index is 1.15. The van der Waals surface area contributed by atoms with Gasteiger partial charge >= 0.3 is 8.60 Å². The largest absolute Gasteiger partial charge is 0.382 e. The van der Waals surface area contributed by atoms with Crippen LogP contribution < -0.4 is 11.2 Å². The molecule has 2 aliphatic rings. The van der Waals surface area contributed by atoms with Crippen LogP contribution in [0.4, 0.5) is 4.39 Å². The number of fused-ring (bicyclic) bond motifs is 1. The number of ether oxygens (including phenoxy) is 2. The van der Waals surface area contributed by atoms with Gasteiger partial charge in [0.2, 0.25) is 0 Å². The fourth-order valence-electron chi connectivity index (χ4n) is 6.35. The lowest BCUT2D eigenvalue weighted by Crippen LogP contribution is -2.32. The first kappa shape index (κ1) is 38.2. The van der Waals surface area contributed by atoms with E-state index in [0.29, 0.717) is 18.1 Å². The van der Waals surface area contributed by atoms with Crippen LogP contribution in [0.25, 0.3) is 0 Å². The SMILES string of the molecule is CCCCCCCCCCCCCCCC(COP(O)OCC1CCC(c2ccc3n2NCN=C3N)O1)OCc1cc(F)cc(C#N)c1. The maximum absolute atomic E-state index is 14.0. The number of nitrogens with two attached hydrogens (primary N) is 1. The Bertz CT molecular complexity index is 1300. The van der Waals surface area contributed by atoms with Gasteiger partial charge in [-0.3, -0.25) is 4.68 Å². The van der Waals surface area contributed by atoms with E-state index in [1.165, 1.54) is 82.8 Å². The topological polar surface area (TPSA) is 136 Å². The highest BCUT2D eigenvalue weighted by atomic mass is 31.2. The van der Waals surface area contributed by atoms with E-state index in [4.69, 9.17) is 24.3 Å². The van der Waals surface area contributed by atoms with Crippen molar-refractivity contribution in [3.63, 3.8) is 0 Å². The minimum Gasteiger partial charge on any atom is -0.382 e. The monoisotopic (exact) mass is 687 g/mol.